The minimum atomic E-state index is -1.58. The number of carbonyl (C=O) groups is 1. The molecule has 1 aromatic heterocycles. The molecule has 2 aromatic rings. The summed E-state index contributed by atoms with van der Waals surface area (Å²) in [6, 6.07) is 10.5. The van der Waals surface area contributed by atoms with Gasteiger partial charge in [0.05, 0.1) is 15.9 Å². The highest BCUT2D eigenvalue weighted by Gasteiger charge is 2.30. The van der Waals surface area contributed by atoms with Crippen LogP contribution in [0.25, 0.3) is 0 Å². The van der Waals surface area contributed by atoms with Crippen molar-refractivity contribution in [1.29, 1.82) is 0 Å². The van der Waals surface area contributed by atoms with Gasteiger partial charge in [-0.15, -0.1) is 0 Å². The minimum absolute atomic E-state index is 0.383. The molecule has 1 unspecified atom stereocenters. The predicted molar refractivity (Wildman–Crippen MR) is 105 cm³/mol. The fourth-order valence-electron chi connectivity index (χ4n) is 3.74. The van der Waals surface area contributed by atoms with Crippen LogP contribution in [0.3, 0.4) is 0 Å². The summed E-state index contributed by atoms with van der Waals surface area (Å²) >= 11 is 3.57. The van der Waals surface area contributed by atoms with Crippen molar-refractivity contribution in [3.8, 4) is 0 Å². The molecule has 0 radical (unpaired) electrons. The van der Waals surface area contributed by atoms with Crippen LogP contribution in [0.15, 0.2) is 34.8 Å². The second-order valence-electron chi connectivity index (χ2n) is 6.77. The van der Waals surface area contributed by atoms with Crippen LogP contribution in [0.1, 0.15) is 47.4 Å². The van der Waals surface area contributed by atoms with E-state index in [1.165, 1.54) is 5.56 Å². The van der Waals surface area contributed by atoms with Crippen molar-refractivity contribution >= 4 is 27.6 Å². The van der Waals surface area contributed by atoms with E-state index in [0.29, 0.717) is 17.2 Å². The number of aliphatic carboxylic acids is 1. The fourth-order valence-corrected chi connectivity index (χ4v) is 4.30. The predicted octanol–water partition coefficient (Wildman–Crippen LogP) is 3.96. The second-order valence-corrected chi connectivity index (χ2v) is 7.56. The summed E-state index contributed by atoms with van der Waals surface area (Å²) in [5.74, 6) is -0.755. The maximum Gasteiger partial charge on any atom is 0.337 e. The highest BCUT2D eigenvalue weighted by molar-refractivity contribution is 9.10. The van der Waals surface area contributed by atoms with E-state index in [0.717, 1.165) is 41.8 Å². The van der Waals surface area contributed by atoms with E-state index in [1.54, 1.807) is 6.92 Å². The van der Waals surface area contributed by atoms with E-state index >= 15 is 0 Å². The number of aryl methyl sites for hydroxylation is 2. The molecule has 2 heterocycles. The molecule has 1 saturated heterocycles. The van der Waals surface area contributed by atoms with E-state index in [2.05, 4.69) is 50.1 Å². The van der Waals surface area contributed by atoms with Crippen molar-refractivity contribution in [1.82, 2.24) is 4.98 Å². The van der Waals surface area contributed by atoms with Crippen LogP contribution < -0.4 is 4.90 Å². The van der Waals surface area contributed by atoms with Gasteiger partial charge in [0, 0.05) is 24.3 Å². The van der Waals surface area contributed by atoms with E-state index in [9.17, 15) is 15.0 Å². The van der Waals surface area contributed by atoms with Crippen LogP contribution in [-0.2, 0) is 4.79 Å². The molecule has 1 aliphatic heterocycles. The zero-order chi connectivity index (χ0) is 18.8. The maximum absolute atomic E-state index is 11.4. The highest BCUT2D eigenvalue weighted by atomic mass is 79.9. The van der Waals surface area contributed by atoms with Gasteiger partial charge >= 0.3 is 5.97 Å². The van der Waals surface area contributed by atoms with Gasteiger partial charge in [-0.05, 0) is 54.1 Å². The van der Waals surface area contributed by atoms with Crippen molar-refractivity contribution in [2.45, 2.75) is 38.7 Å². The third-order valence-electron chi connectivity index (χ3n) is 5.10. The van der Waals surface area contributed by atoms with Crippen molar-refractivity contribution in [2.24, 2.45) is 0 Å². The van der Waals surface area contributed by atoms with Gasteiger partial charge in [0.15, 0.2) is 6.10 Å². The zero-order valence-electron chi connectivity index (χ0n) is 14.9. The van der Waals surface area contributed by atoms with E-state index in [-0.39, 0.29) is 0 Å². The molecular formula is C20H23BrN2O3. The number of hydrogen-bond donors (Lipinski definition) is 2. The molecule has 0 amide bonds. The molecule has 138 valence electrons. The van der Waals surface area contributed by atoms with Gasteiger partial charge in [-0.3, -0.25) is 4.98 Å². The molecule has 0 aliphatic carbocycles. The molecule has 26 heavy (non-hydrogen) atoms. The molecule has 1 fully saturated rings. The number of anilines is 1. The lowest BCUT2D eigenvalue weighted by Crippen LogP contribution is -2.35. The van der Waals surface area contributed by atoms with Gasteiger partial charge in [-0.25, -0.2) is 4.79 Å². The highest BCUT2D eigenvalue weighted by Crippen LogP contribution is 2.40. The van der Waals surface area contributed by atoms with Crippen molar-refractivity contribution < 1.29 is 15.0 Å². The number of halogens is 1. The summed E-state index contributed by atoms with van der Waals surface area (Å²) in [4.78, 5) is 18.0. The van der Waals surface area contributed by atoms with E-state index < -0.39 is 12.1 Å². The third kappa shape index (κ3) is 3.62. The van der Waals surface area contributed by atoms with Gasteiger partial charge in [-0.2, -0.15) is 0 Å². The molecule has 2 N–H and O–H groups in total. The summed E-state index contributed by atoms with van der Waals surface area (Å²) in [5.41, 5.74) is 3.84. The van der Waals surface area contributed by atoms with Crippen LogP contribution >= 0.6 is 15.9 Å². The summed E-state index contributed by atoms with van der Waals surface area (Å²) in [6.45, 7) is 5.25. The monoisotopic (exact) mass is 418 g/mol. The number of aliphatic hydroxyl groups is 1. The minimum Gasteiger partial charge on any atom is -0.479 e. The second kappa shape index (κ2) is 7.76. The Bertz CT molecular complexity index is 802. The lowest BCUT2D eigenvalue weighted by Gasteiger charge is -2.36. The molecule has 0 spiro atoms. The molecule has 1 aromatic carbocycles. The first-order valence-corrected chi connectivity index (χ1v) is 9.56. The fraction of sp³-hybridized carbons (Fsp3) is 0.400. The van der Waals surface area contributed by atoms with Gasteiger partial charge in [0.1, 0.15) is 0 Å². The zero-order valence-corrected chi connectivity index (χ0v) is 16.5. The Morgan fingerprint density at radius 3 is 2.38 bits per heavy atom. The average molecular weight is 419 g/mol. The third-order valence-corrected chi connectivity index (χ3v) is 6.04. The van der Waals surface area contributed by atoms with Crippen LogP contribution in [-0.4, -0.2) is 34.3 Å². The van der Waals surface area contributed by atoms with E-state index in [4.69, 9.17) is 0 Å². The quantitative estimate of drug-likeness (QED) is 0.785. The van der Waals surface area contributed by atoms with Crippen LogP contribution in [0, 0.1) is 13.8 Å². The van der Waals surface area contributed by atoms with Crippen molar-refractivity contribution in [3.63, 3.8) is 0 Å². The van der Waals surface area contributed by atoms with E-state index in [1.807, 2.05) is 13.0 Å². The number of carboxylic acids is 1. The number of aliphatic hydroxyl groups excluding tert-OH is 1. The number of pyridine rings is 1. The lowest BCUT2D eigenvalue weighted by molar-refractivity contribution is -0.147. The first-order valence-electron chi connectivity index (χ1n) is 8.77. The summed E-state index contributed by atoms with van der Waals surface area (Å²) in [6.07, 6.45) is 0.389. The first-order chi connectivity index (χ1) is 12.4. The smallest absolute Gasteiger partial charge is 0.337 e. The van der Waals surface area contributed by atoms with Gasteiger partial charge < -0.3 is 15.1 Å². The van der Waals surface area contributed by atoms with Crippen molar-refractivity contribution in [2.75, 3.05) is 18.0 Å². The number of carboxylic acid groups (broad SMARTS) is 1. The molecule has 6 heteroatoms. The van der Waals surface area contributed by atoms with Crippen LogP contribution in [0.4, 0.5) is 5.69 Å². The SMILES string of the molecule is Cc1nc(C)c(C(O)C(=O)O)c(N2CCC(c3ccccc3)CC2)c1Br. The summed E-state index contributed by atoms with van der Waals surface area (Å²) in [5, 5.41) is 19.6. The Morgan fingerprint density at radius 2 is 1.81 bits per heavy atom. The Morgan fingerprint density at radius 1 is 1.19 bits per heavy atom. The normalized spacial score (nSPS) is 16.5. The molecule has 1 aliphatic rings. The Hall–Kier alpha value is -1.92. The summed E-state index contributed by atoms with van der Waals surface area (Å²) in [7, 11) is 0. The number of aromatic nitrogens is 1. The van der Waals surface area contributed by atoms with Crippen molar-refractivity contribution in [3.05, 3.63) is 57.3 Å². The lowest BCUT2D eigenvalue weighted by atomic mass is 9.89. The Balaban J connectivity index is 1.91. The molecule has 0 saturated carbocycles. The van der Waals surface area contributed by atoms with Crippen LogP contribution in [0.5, 0.6) is 0 Å². The number of nitrogens with zero attached hydrogens (tertiary/aromatic N) is 2. The van der Waals surface area contributed by atoms with Gasteiger partial charge in [-0.1, -0.05) is 30.3 Å². The average Bonchev–Trinajstić information content (AvgIpc) is 2.64. The number of piperidine rings is 1. The topological polar surface area (TPSA) is 73.7 Å². The number of rotatable bonds is 4. The molecule has 1 atom stereocenters. The number of benzene rings is 1. The Labute approximate surface area is 161 Å². The molecule has 3 rings (SSSR count). The largest absolute Gasteiger partial charge is 0.479 e. The maximum atomic E-state index is 11.4. The van der Waals surface area contributed by atoms with Crippen LogP contribution in [0.2, 0.25) is 0 Å². The van der Waals surface area contributed by atoms with Gasteiger partial charge in [0.2, 0.25) is 0 Å². The first kappa shape index (κ1) is 18.9. The number of hydrogen-bond acceptors (Lipinski definition) is 4. The summed E-state index contributed by atoms with van der Waals surface area (Å²) < 4.78 is 0.761. The molecule has 5 nitrogen and oxygen atoms in total. The molecule has 0 bridgehead atoms. The van der Waals surface area contributed by atoms with Gasteiger partial charge in [0.25, 0.3) is 0 Å². The Kier molecular flexibility index (Phi) is 5.63. The standard InChI is InChI=1S/C20H23BrN2O3/c1-12-16(19(24)20(25)26)18(17(21)13(2)22-12)23-10-8-15(9-11-23)14-6-4-3-5-7-14/h3-7,15,19,24H,8-11H2,1-2H3,(H,25,26). The molecular weight excluding hydrogens is 396 g/mol.